The summed E-state index contributed by atoms with van der Waals surface area (Å²) in [5.74, 6) is 0.0103. The van der Waals surface area contributed by atoms with Crippen LogP contribution in [0.2, 0.25) is 0 Å². The number of halogens is 6. The smallest absolute Gasteiger partial charge is 0.338 e. The van der Waals surface area contributed by atoms with Crippen molar-refractivity contribution in [1.29, 1.82) is 0 Å². The van der Waals surface area contributed by atoms with Crippen molar-refractivity contribution in [3.8, 4) is 11.3 Å². The molecule has 0 aliphatic carbocycles. The van der Waals surface area contributed by atoms with Crippen LogP contribution in [0, 0.1) is 0 Å². The monoisotopic (exact) mass is 474 g/mol. The number of aromatic nitrogens is 5. The molecular weight excluding hydrogens is 462 g/mol. The fourth-order valence-electron chi connectivity index (χ4n) is 3.57. The first-order valence-electron chi connectivity index (χ1n) is 9.73. The lowest BCUT2D eigenvalue weighted by molar-refractivity contribution is -0.143. The second-order valence-electron chi connectivity index (χ2n) is 7.41. The van der Waals surface area contributed by atoms with E-state index in [1.165, 1.54) is 0 Å². The molecule has 0 fully saturated rings. The minimum Gasteiger partial charge on any atom is -0.338 e. The van der Waals surface area contributed by atoms with E-state index < -0.39 is 29.2 Å². The Kier molecular flexibility index (Phi) is 4.88. The number of rotatable bonds is 3. The first kappa shape index (κ1) is 21.6. The summed E-state index contributed by atoms with van der Waals surface area (Å²) in [6.07, 6.45) is -9.93. The van der Waals surface area contributed by atoms with Gasteiger partial charge in [0.25, 0.3) is 0 Å². The lowest BCUT2D eigenvalue weighted by Crippen LogP contribution is -2.12. The average molecular weight is 474 g/mol. The lowest BCUT2D eigenvalue weighted by atomic mass is 10.0. The molecule has 34 heavy (non-hydrogen) atoms. The molecule has 2 heterocycles. The van der Waals surface area contributed by atoms with Crippen molar-refractivity contribution >= 4 is 33.3 Å². The molecular formula is C22H12F6N6. The normalized spacial score (nSPS) is 12.4. The van der Waals surface area contributed by atoms with E-state index in [-0.39, 0.29) is 11.9 Å². The highest BCUT2D eigenvalue weighted by atomic mass is 19.4. The highest BCUT2D eigenvalue weighted by Gasteiger charge is 2.37. The Balaban J connectivity index is 1.62. The molecule has 172 valence electrons. The number of nitrogens with one attached hydrogen (secondary N) is 2. The van der Waals surface area contributed by atoms with Crippen LogP contribution >= 0.6 is 0 Å². The summed E-state index contributed by atoms with van der Waals surface area (Å²) in [4.78, 5) is 0. The molecule has 0 saturated carbocycles. The Bertz CT molecular complexity index is 1490. The van der Waals surface area contributed by atoms with Gasteiger partial charge in [-0.15, -0.1) is 15.3 Å². The molecule has 0 radical (unpaired) electrons. The zero-order valence-electron chi connectivity index (χ0n) is 16.8. The summed E-state index contributed by atoms with van der Waals surface area (Å²) in [6.45, 7) is 0. The molecule has 3 aromatic carbocycles. The molecule has 0 amide bonds. The van der Waals surface area contributed by atoms with Crippen molar-refractivity contribution in [2.45, 2.75) is 12.4 Å². The van der Waals surface area contributed by atoms with Gasteiger partial charge in [0.15, 0.2) is 5.82 Å². The predicted molar refractivity (Wildman–Crippen MR) is 112 cm³/mol. The van der Waals surface area contributed by atoms with Crippen molar-refractivity contribution in [3.63, 3.8) is 0 Å². The maximum atomic E-state index is 13.2. The minimum absolute atomic E-state index is 0.0103. The van der Waals surface area contributed by atoms with E-state index in [4.69, 9.17) is 0 Å². The number of fused-ring (bicyclic) bond motifs is 2. The molecule has 12 heteroatoms. The molecule has 0 aliphatic rings. The first-order valence-corrected chi connectivity index (χ1v) is 9.73. The third kappa shape index (κ3) is 3.98. The van der Waals surface area contributed by atoms with Gasteiger partial charge in [-0.05, 0) is 30.3 Å². The number of anilines is 2. The van der Waals surface area contributed by atoms with Crippen LogP contribution < -0.4 is 5.32 Å². The zero-order chi connectivity index (χ0) is 24.1. The van der Waals surface area contributed by atoms with Crippen LogP contribution in [-0.4, -0.2) is 25.6 Å². The van der Waals surface area contributed by atoms with Gasteiger partial charge in [0.05, 0.1) is 16.6 Å². The number of nitrogens with zero attached hydrogens (tertiary/aromatic N) is 4. The predicted octanol–water partition coefficient (Wildman–Crippen LogP) is 6.35. The fraction of sp³-hybridized carbons (Fsp3) is 0.0909. The largest absolute Gasteiger partial charge is 0.416 e. The Morgan fingerprint density at radius 3 is 2.06 bits per heavy atom. The van der Waals surface area contributed by atoms with Crippen LogP contribution in [0.25, 0.3) is 33.1 Å². The number of hydrogen-bond acceptors (Lipinski definition) is 5. The van der Waals surface area contributed by atoms with Crippen molar-refractivity contribution in [3.05, 3.63) is 71.8 Å². The highest BCUT2D eigenvalue weighted by Crippen LogP contribution is 2.39. The molecule has 2 N–H and O–H groups in total. The Morgan fingerprint density at radius 1 is 0.706 bits per heavy atom. The van der Waals surface area contributed by atoms with E-state index in [0.717, 1.165) is 0 Å². The van der Waals surface area contributed by atoms with Crippen LogP contribution in [0.1, 0.15) is 11.1 Å². The summed E-state index contributed by atoms with van der Waals surface area (Å²) in [6, 6.07) is 13.3. The second-order valence-corrected chi connectivity index (χ2v) is 7.41. The Labute approximate surface area is 186 Å². The van der Waals surface area contributed by atoms with E-state index in [2.05, 4.69) is 30.9 Å². The van der Waals surface area contributed by atoms with Crippen LogP contribution in [0.3, 0.4) is 0 Å². The molecule has 0 spiro atoms. The van der Waals surface area contributed by atoms with E-state index in [1.54, 1.807) is 42.5 Å². The van der Waals surface area contributed by atoms with E-state index in [9.17, 15) is 26.3 Å². The lowest BCUT2D eigenvalue weighted by Gasteiger charge is -2.16. The van der Waals surface area contributed by atoms with Crippen LogP contribution in [0.5, 0.6) is 0 Å². The molecule has 0 aliphatic heterocycles. The van der Waals surface area contributed by atoms with Gasteiger partial charge in [-0.1, -0.05) is 35.5 Å². The van der Waals surface area contributed by atoms with Gasteiger partial charge in [0.1, 0.15) is 11.2 Å². The van der Waals surface area contributed by atoms with Crippen molar-refractivity contribution in [1.82, 2.24) is 25.6 Å². The number of alkyl halides is 6. The average Bonchev–Trinajstić information content (AvgIpc) is 3.26. The summed E-state index contributed by atoms with van der Waals surface area (Å²) in [7, 11) is 0. The molecule has 0 atom stereocenters. The minimum atomic E-state index is -4.96. The number of H-pyrrole nitrogens is 1. The fourth-order valence-corrected chi connectivity index (χ4v) is 3.57. The molecule has 2 aromatic heterocycles. The first-order chi connectivity index (χ1) is 16.1. The molecule has 5 rings (SSSR count). The van der Waals surface area contributed by atoms with Gasteiger partial charge >= 0.3 is 12.4 Å². The van der Waals surface area contributed by atoms with Gasteiger partial charge in [0.2, 0.25) is 0 Å². The summed E-state index contributed by atoms with van der Waals surface area (Å²) in [5, 5.41) is 22.3. The highest BCUT2D eigenvalue weighted by molar-refractivity contribution is 6.01. The summed E-state index contributed by atoms with van der Waals surface area (Å²) >= 11 is 0. The van der Waals surface area contributed by atoms with Gasteiger partial charge in [0, 0.05) is 22.0 Å². The van der Waals surface area contributed by atoms with Crippen LogP contribution in [0.4, 0.5) is 37.8 Å². The number of benzene rings is 3. The third-order valence-electron chi connectivity index (χ3n) is 5.14. The number of hydrogen-bond donors (Lipinski definition) is 2. The van der Waals surface area contributed by atoms with E-state index in [0.29, 0.717) is 45.2 Å². The SMILES string of the molecule is FC(F)(F)c1cc(Nc2nnc(-c3ccc4nn[nH]c4c3)c3ccccc23)cc(C(F)(F)F)c1. The maximum Gasteiger partial charge on any atom is 0.416 e. The molecule has 0 unspecified atom stereocenters. The van der Waals surface area contributed by atoms with Crippen LogP contribution in [-0.2, 0) is 12.4 Å². The quantitative estimate of drug-likeness (QED) is 0.298. The standard InChI is InChI=1S/C22H12F6N6/c23-21(24,25)12-8-13(22(26,27)28)10-14(9-12)29-20-16-4-2-1-3-15(16)19(32-33-20)11-5-6-17-18(7-11)31-34-30-17/h1-10H,(H,29,33)(H,30,31,34). The molecule has 6 nitrogen and oxygen atoms in total. The van der Waals surface area contributed by atoms with Crippen molar-refractivity contribution < 1.29 is 26.3 Å². The Hall–Kier alpha value is -4.22. The maximum absolute atomic E-state index is 13.2. The summed E-state index contributed by atoms with van der Waals surface area (Å²) < 4.78 is 79.3. The van der Waals surface area contributed by atoms with E-state index in [1.807, 2.05) is 0 Å². The molecule has 5 aromatic rings. The van der Waals surface area contributed by atoms with Gasteiger partial charge in [-0.25, -0.2) is 0 Å². The molecule has 0 saturated heterocycles. The third-order valence-corrected chi connectivity index (χ3v) is 5.14. The van der Waals surface area contributed by atoms with Crippen LogP contribution in [0.15, 0.2) is 60.7 Å². The van der Waals surface area contributed by atoms with Gasteiger partial charge < -0.3 is 5.32 Å². The van der Waals surface area contributed by atoms with Gasteiger partial charge in [-0.3, -0.25) is 5.10 Å². The molecule has 0 bridgehead atoms. The number of aromatic amines is 1. The van der Waals surface area contributed by atoms with Gasteiger partial charge in [-0.2, -0.15) is 26.3 Å². The second kappa shape index (κ2) is 7.68. The topological polar surface area (TPSA) is 79.4 Å². The summed E-state index contributed by atoms with van der Waals surface area (Å²) in [5.41, 5.74) is -0.830. The van der Waals surface area contributed by atoms with Crippen molar-refractivity contribution in [2.75, 3.05) is 5.32 Å². The van der Waals surface area contributed by atoms with Crippen molar-refractivity contribution in [2.24, 2.45) is 0 Å². The Morgan fingerprint density at radius 2 is 1.38 bits per heavy atom. The van der Waals surface area contributed by atoms with E-state index >= 15 is 0 Å². The zero-order valence-corrected chi connectivity index (χ0v) is 16.8.